The third-order valence-electron chi connectivity index (χ3n) is 4.35. The first kappa shape index (κ1) is 17.9. The van der Waals surface area contributed by atoms with Crippen LogP contribution in [0.15, 0.2) is 53.3 Å². The lowest BCUT2D eigenvalue weighted by Crippen LogP contribution is -2.27. The first-order valence-electron chi connectivity index (χ1n) is 8.93. The van der Waals surface area contributed by atoms with Gasteiger partial charge in [-0.3, -0.25) is 9.59 Å². The summed E-state index contributed by atoms with van der Waals surface area (Å²) in [5.41, 5.74) is 1.94. The number of carbonyl (C=O) groups excluding carboxylic acids is 1. The summed E-state index contributed by atoms with van der Waals surface area (Å²) in [7, 11) is 0. The topological polar surface area (TPSA) is 64.0 Å². The number of benzene rings is 2. The molecule has 0 aliphatic heterocycles. The molecule has 1 amide bonds. The zero-order valence-electron chi connectivity index (χ0n) is 15.3. The second-order valence-corrected chi connectivity index (χ2v) is 6.62. The molecule has 5 heteroatoms. The third kappa shape index (κ3) is 3.38. The maximum Gasteiger partial charge on any atom is 0.276 e. The monoisotopic (exact) mass is 349 g/mol. The van der Waals surface area contributed by atoms with E-state index in [1.165, 1.54) is 4.68 Å². The van der Waals surface area contributed by atoms with E-state index < -0.39 is 0 Å². The number of aromatic nitrogens is 2. The number of fused-ring (bicyclic) bond motifs is 1. The van der Waals surface area contributed by atoms with E-state index in [9.17, 15) is 9.59 Å². The van der Waals surface area contributed by atoms with Gasteiger partial charge in [-0.25, -0.2) is 4.68 Å². The van der Waals surface area contributed by atoms with Crippen molar-refractivity contribution in [1.82, 2.24) is 9.78 Å². The van der Waals surface area contributed by atoms with Crippen molar-refractivity contribution >= 4 is 22.4 Å². The quantitative estimate of drug-likeness (QED) is 0.751. The molecule has 2 aromatic carbocycles. The van der Waals surface area contributed by atoms with Crippen LogP contribution in [0.1, 0.15) is 49.2 Å². The van der Waals surface area contributed by atoms with E-state index in [0.717, 1.165) is 17.7 Å². The Morgan fingerprint density at radius 1 is 1.08 bits per heavy atom. The molecular formula is C21H23N3O2. The molecule has 1 N–H and O–H groups in total. The summed E-state index contributed by atoms with van der Waals surface area (Å²) >= 11 is 0. The Morgan fingerprint density at radius 2 is 1.73 bits per heavy atom. The van der Waals surface area contributed by atoms with Crippen molar-refractivity contribution in [3.8, 4) is 0 Å². The van der Waals surface area contributed by atoms with Gasteiger partial charge in [-0.2, -0.15) is 5.10 Å². The summed E-state index contributed by atoms with van der Waals surface area (Å²) in [6.07, 6.45) is 0.766. The molecule has 0 unspecified atom stereocenters. The van der Waals surface area contributed by atoms with Gasteiger partial charge in [0, 0.05) is 17.6 Å². The molecule has 0 aliphatic carbocycles. The van der Waals surface area contributed by atoms with Crippen molar-refractivity contribution in [2.45, 2.75) is 39.7 Å². The normalized spacial score (nSPS) is 11.1. The van der Waals surface area contributed by atoms with Gasteiger partial charge < -0.3 is 5.32 Å². The van der Waals surface area contributed by atoms with E-state index in [-0.39, 0.29) is 23.1 Å². The number of hydrogen-bond donors (Lipinski definition) is 1. The molecule has 0 saturated carbocycles. The first-order valence-corrected chi connectivity index (χ1v) is 8.93. The average molecular weight is 349 g/mol. The number of carbonyl (C=O) groups is 1. The standard InChI is InChI=1S/C21H23N3O2/c1-4-13-24-21(26)17-11-6-5-10-16(17)19(23-24)20(25)22-18-12-8-7-9-15(18)14(2)3/h5-12,14H,4,13H2,1-3H3,(H,22,25). The number of amides is 1. The Bertz CT molecular complexity index is 1010. The highest BCUT2D eigenvalue weighted by Crippen LogP contribution is 2.24. The highest BCUT2D eigenvalue weighted by Gasteiger charge is 2.18. The van der Waals surface area contributed by atoms with Crippen molar-refractivity contribution < 1.29 is 4.79 Å². The second-order valence-electron chi connectivity index (χ2n) is 6.62. The SMILES string of the molecule is CCCn1nc(C(=O)Nc2ccccc2C(C)C)c2ccccc2c1=O. The van der Waals surface area contributed by atoms with Gasteiger partial charge in [0.1, 0.15) is 0 Å². The summed E-state index contributed by atoms with van der Waals surface area (Å²) in [6, 6.07) is 14.9. The van der Waals surface area contributed by atoms with E-state index in [1.807, 2.05) is 37.3 Å². The van der Waals surface area contributed by atoms with Crippen molar-refractivity contribution in [3.63, 3.8) is 0 Å². The van der Waals surface area contributed by atoms with Crippen LogP contribution in [0.25, 0.3) is 10.8 Å². The largest absolute Gasteiger partial charge is 0.320 e. The maximum absolute atomic E-state index is 13.0. The van der Waals surface area contributed by atoms with E-state index >= 15 is 0 Å². The summed E-state index contributed by atoms with van der Waals surface area (Å²) in [5.74, 6) is -0.0237. The predicted molar refractivity (Wildman–Crippen MR) is 105 cm³/mol. The summed E-state index contributed by atoms with van der Waals surface area (Å²) < 4.78 is 1.38. The van der Waals surface area contributed by atoms with Crippen LogP contribution in [0, 0.1) is 0 Å². The molecule has 1 aromatic heterocycles. The minimum Gasteiger partial charge on any atom is -0.320 e. The number of nitrogens with one attached hydrogen (secondary N) is 1. The molecule has 1 heterocycles. The van der Waals surface area contributed by atoms with Crippen LogP contribution < -0.4 is 10.9 Å². The van der Waals surface area contributed by atoms with Crippen LogP contribution in [0.2, 0.25) is 0 Å². The highest BCUT2D eigenvalue weighted by atomic mass is 16.2. The van der Waals surface area contributed by atoms with Gasteiger partial charge in [-0.1, -0.05) is 57.2 Å². The zero-order chi connectivity index (χ0) is 18.7. The Kier molecular flexibility index (Phi) is 5.16. The van der Waals surface area contributed by atoms with Crippen LogP contribution in [-0.2, 0) is 6.54 Å². The van der Waals surface area contributed by atoms with E-state index in [1.54, 1.807) is 18.2 Å². The zero-order valence-corrected chi connectivity index (χ0v) is 15.3. The van der Waals surface area contributed by atoms with E-state index in [4.69, 9.17) is 0 Å². The molecule has 0 bridgehead atoms. The van der Waals surface area contributed by atoms with Crippen LogP contribution >= 0.6 is 0 Å². The van der Waals surface area contributed by atoms with Crippen LogP contribution in [0.4, 0.5) is 5.69 Å². The molecule has 26 heavy (non-hydrogen) atoms. The Morgan fingerprint density at radius 3 is 2.42 bits per heavy atom. The third-order valence-corrected chi connectivity index (χ3v) is 4.35. The van der Waals surface area contributed by atoms with Gasteiger partial charge in [-0.05, 0) is 30.0 Å². The van der Waals surface area contributed by atoms with Crippen LogP contribution in [-0.4, -0.2) is 15.7 Å². The van der Waals surface area contributed by atoms with Crippen LogP contribution in [0.3, 0.4) is 0 Å². The molecule has 0 fully saturated rings. The van der Waals surface area contributed by atoms with Crippen molar-refractivity contribution in [2.75, 3.05) is 5.32 Å². The molecule has 0 saturated heterocycles. The molecule has 5 nitrogen and oxygen atoms in total. The fraction of sp³-hybridized carbons (Fsp3) is 0.286. The average Bonchev–Trinajstić information content (AvgIpc) is 2.64. The van der Waals surface area contributed by atoms with Gasteiger partial charge in [0.05, 0.1) is 5.39 Å². The molecule has 0 radical (unpaired) electrons. The Balaban J connectivity index is 2.09. The maximum atomic E-state index is 13.0. The van der Waals surface area contributed by atoms with Gasteiger partial charge in [0.2, 0.25) is 0 Å². The molecule has 3 rings (SSSR count). The fourth-order valence-electron chi connectivity index (χ4n) is 3.06. The summed E-state index contributed by atoms with van der Waals surface area (Å²) in [5, 5.41) is 8.41. The molecule has 134 valence electrons. The number of nitrogens with zero attached hydrogens (tertiary/aromatic N) is 2. The van der Waals surface area contributed by atoms with Gasteiger partial charge in [0.15, 0.2) is 5.69 Å². The van der Waals surface area contributed by atoms with E-state index in [0.29, 0.717) is 17.3 Å². The fourth-order valence-corrected chi connectivity index (χ4v) is 3.06. The number of aryl methyl sites for hydroxylation is 1. The first-order chi connectivity index (χ1) is 12.5. The number of para-hydroxylation sites is 1. The highest BCUT2D eigenvalue weighted by molar-refractivity contribution is 6.11. The number of hydrogen-bond acceptors (Lipinski definition) is 3. The Labute approximate surface area is 152 Å². The van der Waals surface area contributed by atoms with Crippen molar-refractivity contribution in [2.24, 2.45) is 0 Å². The van der Waals surface area contributed by atoms with E-state index in [2.05, 4.69) is 24.3 Å². The minimum absolute atomic E-state index is 0.165. The molecular weight excluding hydrogens is 326 g/mol. The Hall–Kier alpha value is -2.95. The van der Waals surface area contributed by atoms with Gasteiger partial charge in [0.25, 0.3) is 11.5 Å². The predicted octanol–water partition coefficient (Wildman–Crippen LogP) is 4.18. The van der Waals surface area contributed by atoms with Crippen molar-refractivity contribution in [3.05, 3.63) is 70.1 Å². The lowest BCUT2D eigenvalue weighted by atomic mass is 10.0. The van der Waals surface area contributed by atoms with Crippen LogP contribution in [0.5, 0.6) is 0 Å². The van der Waals surface area contributed by atoms with Gasteiger partial charge >= 0.3 is 0 Å². The van der Waals surface area contributed by atoms with Gasteiger partial charge in [-0.15, -0.1) is 0 Å². The van der Waals surface area contributed by atoms with Crippen molar-refractivity contribution in [1.29, 1.82) is 0 Å². The molecule has 0 spiro atoms. The lowest BCUT2D eigenvalue weighted by Gasteiger charge is -2.15. The summed E-state index contributed by atoms with van der Waals surface area (Å²) in [6.45, 7) is 6.62. The lowest BCUT2D eigenvalue weighted by molar-refractivity contribution is 0.102. The second kappa shape index (κ2) is 7.52. The smallest absolute Gasteiger partial charge is 0.276 e. The number of anilines is 1. The summed E-state index contributed by atoms with van der Waals surface area (Å²) in [4.78, 5) is 25.5. The number of rotatable bonds is 5. The molecule has 0 atom stereocenters. The molecule has 3 aromatic rings. The molecule has 0 aliphatic rings. The minimum atomic E-state index is -0.306.